The molecule has 0 aliphatic carbocycles. The van der Waals surface area contributed by atoms with E-state index < -0.39 is 6.04 Å². The first-order chi connectivity index (χ1) is 13.6. The lowest BCUT2D eigenvalue weighted by molar-refractivity contribution is -0.128. The van der Waals surface area contributed by atoms with E-state index in [1.807, 2.05) is 24.3 Å². The number of carbonyl (C=O) groups excluding carboxylic acids is 2. The normalized spacial score (nSPS) is 21.5. The highest BCUT2D eigenvalue weighted by molar-refractivity contribution is 9.11. The second-order valence-corrected chi connectivity index (χ2v) is 9.86. The molecule has 1 fully saturated rings. The van der Waals surface area contributed by atoms with Crippen LogP contribution in [0.15, 0.2) is 40.2 Å². The van der Waals surface area contributed by atoms with Crippen LogP contribution in [0.25, 0.3) is 10.9 Å². The van der Waals surface area contributed by atoms with Crippen molar-refractivity contribution in [2.24, 2.45) is 0 Å². The first-order valence-corrected chi connectivity index (χ1v) is 11.2. The van der Waals surface area contributed by atoms with E-state index in [4.69, 9.17) is 0 Å². The molecule has 2 aliphatic rings. The number of nitrogens with one attached hydrogen (secondary N) is 1. The number of para-hydroxylation sites is 1. The van der Waals surface area contributed by atoms with E-state index in [9.17, 15) is 9.59 Å². The number of fused-ring (bicyclic) bond motifs is 4. The maximum absolute atomic E-state index is 13.3. The van der Waals surface area contributed by atoms with Gasteiger partial charge in [-0.25, -0.2) is 4.79 Å². The summed E-state index contributed by atoms with van der Waals surface area (Å²) in [5.74, 6) is -0.0602. The van der Waals surface area contributed by atoms with E-state index >= 15 is 0 Å². The molecule has 2 aromatic heterocycles. The molecule has 0 bridgehead atoms. The molecule has 2 atom stereocenters. The van der Waals surface area contributed by atoms with Gasteiger partial charge in [0.1, 0.15) is 12.1 Å². The Morgan fingerprint density at radius 3 is 2.79 bits per heavy atom. The number of aromatic amines is 1. The molecule has 1 N–H and O–H groups in total. The highest BCUT2D eigenvalue weighted by atomic mass is 79.9. The van der Waals surface area contributed by atoms with Gasteiger partial charge in [-0.2, -0.15) is 0 Å². The zero-order valence-electron chi connectivity index (χ0n) is 15.4. The number of nitrogens with zero attached hydrogens (tertiary/aromatic N) is 2. The number of halogens is 1. The molecule has 7 heteroatoms. The van der Waals surface area contributed by atoms with Crippen LogP contribution in [0, 0.1) is 0 Å². The fraction of sp³-hybridized carbons (Fsp3) is 0.333. The van der Waals surface area contributed by atoms with Crippen molar-refractivity contribution in [3.8, 4) is 0 Å². The van der Waals surface area contributed by atoms with E-state index in [-0.39, 0.29) is 18.0 Å². The van der Waals surface area contributed by atoms with Crippen LogP contribution in [0.1, 0.15) is 41.9 Å². The first-order valence-electron chi connectivity index (χ1n) is 9.58. The van der Waals surface area contributed by atoms with Crippen molar-refractivity contribution < 1.29 is 9.59 Å². The van der Waals surface area contributed by atoms with Crippen molar-refractivity contribution >= 4 is 50.1 Å². The second-order valence-electron chi connectivity index (χ2n) is 7.36. The van der Waals surface area contributed by atoms with Crippen LogP contribution in [0.2, 0.25) is 0 Å². The quantitative estimate of drug-likeness (QED) is 0.555. The Bertz CT molecular complexity index is 1090. The standard InChI is InChI=1S/C21H20BrN3O2S/c1-2-3-10-24-20(26)15-11-13-12-6-4-5-7-14(12)23-18(13)19(25(15)21(24)27)16-8-9-17(22)28-16/h4-9,15,19,23H,2-3,10-11H2,1H3/t15-,19-/m0/s1. The lowest BCUT2D eigenvalue weighted by Crippen LogP contribution is -2.43. The minimum Gasteiger partial charge on any atom is -0.356 e. The monoisotopic (exact) mass is 457 g/mol. The van der Waals surface area contributed by atoms with Gasteiger partial charge in [0.05, 0.1) is 3.79 Å². The lowest BCUT2D eigenvalue weighted by atomic mass is 9.91. The number of carbonyl (C=O) groups is 2. The highest BCUT2D eigenvalue weighted by Gasteiger charge is 2.52. The number of thiophene rings is 1. The number of urea groups is 1. The smallest absolute Gasteiger partial charge is 0.328 e. The summed E-state index contributed by atoms with van der Waals surface area (Å²) in [5, 5.41) is 1.14. The first kappa shape index (κ1) is 17.9. The topological polar surface area (TPSA) is 56.4 Å². The van der Waals surface area contributed by atoms with Crippen LogP contribution >= 0.6 is 27.3 Å². The average molecular weight is 458 g/mol. The molecule has 4 heterocycles. The van der Waals surface area contributed by atoms with E-state index in [2.05, 4.69) is 40.0 Å². The van der Waals surface area contributed by atoms with Gasteiger partial charge in [-0.15, -0.1) is 11.3 Å². The SMILES string of the molecule is CCCCN1C(=O)[C@@H]2Cc3c([nH]c4ccccc34)[C@H](c3ccc(Br)s3)N2C1=O. The van der Waals surface area contributed by atoms with Gasteiger partial charge in [0.25, 0.3) is 5.91 Å². The molecule has 0 saturated carbocycles. The summed E-state index contributed by atoms with van der Waals surface area (Å²) in [6.45, 7) is 2.57. The molecular weight excluding hydrogens is 438 g/mol. The summed E-state index contributed by atoms with van der Waals surface area (Å²) >= 11 is 5.16. The van der Waals surface area contributed by atoms with Gasteiger partial charge >= 0.3 is 6.03 Å². The Morgan fingerprint density at radius 2 is 2.04 bits per heavy atom. The van der Waals surface area contributed by atoms with Crippen molar-refractivity contribution in [2.75, 3.05) is 6.54 Å². The molecule has 144 valence electrons. The third-order valence-corrected chi connectivity index (χ3v) is 7.41. The van der Waals surface area contributed by atoms with E-state index in [0.717, 1.165) is 43.7 Å². The number of H-pyrrole nitrogens is 1. The number of amides is 3. The van der Waals surface area contributed by atoms with Crippen LogP contribution in [0.3, 0.4) is 0 Å². The highest BCUT2D eigenvalue weighted by Crippen LogP contribution is 2.46. The van der Waals surface area contributed by atoms with Gasteiger partial charge in [-0.1, -0.05) is 31.5 Å². The van der Waals surface area contributed by atoms with Gasteiger partial charge in [-0.3, -0.25) is 14.6 Å². The Morgan fingerprint density at radius 1 is 1.21 bits per heavy atom. The lowest BCUT2D eigenvalue weighted by Gasteiger charge is -2.35. The molecule has 5 nitrogen and oxygen atoms in total. The predicted octanol–water partition coefficient (Wildman–Crippen LogP) is 5.07. The van der Waals surface area contributed by atoms with Crippen molar-refractivity contribution in [1.82, 2.24) is 14.8 Å². The van der Waals surface area contributed by atoms with Crippen molar-refractivity contribution in [1.29, 1.82) is 0 Å². The summed E-state index contributed by atoms with van der Waals surface area (Å²) < 4.78 is 1.02. The fourth-order valence-corrected chi connectivity index (χ4v) is 5.96. The molecule has 0 unspecified atom stereocenters. The zero-order valence-corrected chi connectivity index (χ0v) is 17.8. The van der Waals surface area contributed by atoms with Crippen molar-refractivity contribution in [3.63, 3.8) is 0 Å². The average Bonchev–Trinajstić information content (AvgIpc) is 3.35. The second kappa shape index (κ2) is 6.74. The van der Waals surface area contributed by atoms with E-state index in [1.54, 1.807) is 16.2 Å². The molecule has 0 spiro atoms. The molecule has 3 amide bonds. The molecular formula is C21H20BrN3O2S. The number of rotatable bonds is 4. The fourth-order valence-electron chi connectivity index (χ4n) is 4.43. The van der Waals surface area contributed by atoms with Crippen LogP contribution in [0.5, 0.6) is 0 Å². The Balaban J connectivity index is 1.68. The van der Waals surface area contributed by atoms with Crippen molar-refractivity contribution in [2.45, 2.75) is 38.3 Å². The van der Waals surface area contributed by atoms with E-state index in [0.29, 0.717) is 13.0 Å². The number of unbranched alkanes of at least 4 members (excludes halogenated alkanes) is 1. The van der Waals surface area contributed by atoms with E-state index in [1.165, 1.54) is 4.90 Å². The van der Waals surface area contributed by atoms with Crippen LogP contribution in [-0.2, 0) is 11.2 Å². The summed E-state index contributed by atoms with van der Waals surface area (Å²) in [6, 6.07) is 11.4. The molecule has 5 rings (SSSR count). The Kier molecular flexibility index (Phi) is 4.32. The molecule has 0 radical (unpaired) electrons. The third-order valence-electron chi connectivity index (χ3n) is 5.73. The minimum atomic E-state index is -0.429. The Labute approximate surface area is 175 Å². The van der Waals surface area contributed by atoms with Crippen LogP contribution in [-0.4, -0.2) is 39.3 Å². The number of hydrogen-bond acceptors (Lipinski definition) is 3. The third kappa shape index (κ3) is 2.56. The van der Waals surface area contributed by atoms with Gasteiger partial charge in [-0.05, 0) is 46.1 Å². The molecule has 3 aromatic rings. The number of aromatic nitrogens is 1. The molecule has 2 aliphatic heterocycles. The minimum absolute atomic E-state index is 0.0602. The number of imide groups is 1. The van der Waals surface area contributed by atoms with Gasteiger partial charge in [0.15, 0.2) is 0 Å². The summed E-state index contributed by atoms with van der Waals surface area (Å²) in [5.41, 5.74) is 3.24. The van der Waals surface area contributed by atoms with Gasteiger partial charge in [0.2, 0.25) is 0 Å². The Hall–Kier alpha value is -2.12. The number of hydrogen-bond donors (Lipinski definition) is 1. The van der Waals surface area contributed by atoms with Gasteiger partial charge < -0.3 is 4.98 Å². The molecule has 28 heavy (non-hydrogen) atoms. The summed E-state index contributed by atoms with van der Waals surface area (Å²) in [6.07, 6.45) is 2.35. The largest absolute Gasteiger partial charge is 0.356 e. The number of benzene rings is 1. The maximum atomic E-state index is 13.3. The predicted molar refractivity (Wildman–Crippen MR) is 114 cm³/mol. The summed E-state index contributed by atoms with van der Waals surface area (Å²) in [4.78, 5) is 34.3. The molecule has 1 saturated heterocycles. The molecule has 1 aromatic carbocycles. The van der Waals surface area contributed by atoms with Crippen LogP contribution in [0.4, 0.5) is 4.79 Å². The van der Waals surface area contributed by atoms with Crippen molar-refractivity contribution in [3.05, 3.63) is 56.3 Å². The zero-order chi connectivity index (χ0) is 19.4. The summed E-state index contributed by atoms with van der Waals surface area (Å²) in [7, 11) is 0. The van der Waals surface area contributed by atoms with Crippen LogP contribution < -0.4 is 0 Å². The maximum Gasteiger partial charge on any atom is 0.328 e. The van der Waals surface area contributed by atoms with Gasteiger partial charge in [0, 0.05) is 34.4 Å².